The molecule has 1 atom stereocenters. The third-order valence-corrected chi connectivity index (χ3v) is 10.8. The van der Waals surface area contributed by atoms with E-state index in [1.54, 1.807) is 49.5 Å². The van der Waals surface area contributed by atoms with Crippen molar-refractivity contribution in [2.75, 3.05) is 11.9 Å². The zero-order valence-electron chi connectivity index (χ0n) is 23.8. The highest BCUT2D eigenvalue weighted by Gasteiger charge is 2.48. The van der Waals surface area contributed by atoms with Crippen LogP contribution in [0.3, 0.4) is 0 Å². The van der Waals surface area contributed by atoms with E-state index in [0.717, 1.165) is 10.4 Å². The molecule has 45 heavy (non-hydrogen) atoms. The van der Waals surface area contributed by atoms with Crippen LogP contribution in [0.1, 0.15) is 43.1 Å². The van der Waals surface area contributed by atoms with E-state index in [1.807, 2.05) is 0 Å². The largest absolute Gasteiger partial charge is 0.480 e. The number of rotatable bonds is 7. The number of alkyl halides is 2. The van der Waals surface area contributed by atoms with E-state index in [9.17, 15) is 37.4 Å². The van der Waals surface area contributed by atoms with Crippen molar-refractivity contribution in [3.8, 4) is 10.6 Å². The molecule has 3 aromatic carbocycles. The Hall–Kier alpha value is -4.21. The lowest BCUT2D eigenvalue weighted by Crippen LogP contribution is -2.35. The topological polar surface area (TPSA) is 152 Å². The molecular weight excluding hydrogens is 626 g/mol. The number of hydrogen-bond acceptors (Lipinski definition) is 8. The van der Waals surface area contributed by atoms with Crippen molar-refractivity contribution >= 4 is 45.4 Å². The zero-order valence-corrected chi connectivity index (χ0v) is 25.4. The molecular formula is C31H28F2N4O6S2. The first-order valence-electron chi connectivity index (χ1n) is 13.8. The Morgan fingerprint density at radius 3 is 2.58 bits per heavy atom. The molecule has 0 bridgehead atoms. The van der Waals surface area contributed by atoms with Crippen LogP contribution in [0.4, 0.5) is 14.5 Å². The Balaban J connectivity index is 1.12. The summed E-state index contributed by atoms with van der Waals surface area (Å²) in [6.07, 6.45) is 0.928. The Labute approximate surface area is 262 Å². The number of nitrogens with zero attached hydrogens (tertiary/aromatic N) is 2. The minimum absolute atomic E-state index is 0.0830. The van der Waals surface area contributed by atoms with E-state index >= 15 is 0 Å². The van der Waals surface area contributed by atoms with Gasteiger partial charge in [-0.05, 0) is 42.3 Å². The van der Waals surface area contributed by atoms with Gasteiger partial charge in [0.15, 0.2) is 0 Å². The number of benzene rings is 3. The van der Waals surface area contributed by atoms with Crippen molar-refractivity contribution in [3.05, 3.63) is 94.0 Å². The summed E-state index contributed by atoms with van der Waals surface area (Å²) in [6.45, 7) is 1.27. The third kappa shape index (κ3) is 5.94. The number of likely N-dealkylation sites (tertiary alicyclic amines) is 1. The molecule has 1 fully saturated rings. The lowest BCUT2D eigenvalue weighted by Gasteiger charge is -2.33. The summed E-state index contributed by atoms with van der Waals surface area (Å²) in [6, 6.07) is 15.1. The van der Waals surface area contributed by atoms with Crippen molar-refractivity contribution in [1.29, 1.82) is 0 Å². The van der Waals surface area contributed by atoms with E-state index in [1.165, 1.54) is 40.5 Å². The second-order valence-corrected chi connectivity index (χ2v) is 14.0. The number of carboxylic acid groups (broad SMARTS) is 1. The highest BCUT2D eigenvalue weighted by atomic mass is 32.3. The van der Waals surface area contributed by atoms with Gasteiger partial charge in [0.2, 0.25) is 0 Å². The van der Waals surface area contributed by atoms with Gasteiger partial charge in [0.05, 0.1) is 34.1 Å². The molecule has 10 nitrogen and oxygen atoms in total. The first-order chi connectivity index (χ1) is 21.3. The fourth-order valence-electron chi connectivity index (χ4n) is 5.59. The smallest absolute Gasteiger partial charge is 0.321 e. The highest BCUT2D eigenvalue weighted by Crippen LogP contribution is 2.61. The summed E-state index contributed by atoms with van der Waals surface area (Å²) < 4.78 is 49.8. The fraction of sp³-hybridized carbons (Fsp3) is 0.226. The standard InChI is InChI=1S/C31H28F2N4O6S2/c1-17-21(10-11-25-26(17)36-28(39)22-4-2-3-5-24(22)45(25,42)43)27(38)34-13-20-14-35-29(44-20)19-8-6-18(7-9-19)15-37-16-31(32,33)12-23(37)30(40)41/h2-11,14,23,42-43H,12-13,15-16H2,1H3,(H,34,38)(H,36,39)(H,40,41)/t23-/m0/s1. The number of anilines is 1. The molecule has 2 aliphatic rings. The van der Waals surface area contributed by atoms with Gasteiger partial charge in [0.1, 0.15) is 11.0 Å². The van der Waals surface area contributed by atoms with Crippen molar-refractivity contribution < 1.29 is 37.4 Å². The Kier molecular flexibility index (Phi) is 7.95. The van der Waals surface area contributed by atoms with Crippen molar-refractivity contribution in [2.24, 2.45) is 0 Å². The van der Waals surface area contributed by atoms with Crippen LogP contribution in [-0.2, 0) is 17.9 Å². The lowest BCUT2D eigenvalue weighted by atomic mass is 10.1. The second kappa shape index (κ2) is 11.6. The minimum atomic E-state index is -3.51. The van der Waals surface area contributed by atoms with E-state index < -0.39 is 53.3 Å². The number of halogens is 2. The number of carbonyl (C=O) groups is 3. The van der Waals surface area contributed by atoms with E-state index in [4.69, 9.17) is 0 Å². The average Bonchev–Trinajstić information content (AvgIpc) is 3.58. The van der Waals surface area contributed by atoms with Gasteiger partial charge in [-0.15, -0.1) is 21.9 Å². The number of carbonyl (C=O) groups excluding carboxylic acids is 2. The van der Waals surface area contributed by atoms with Crippen molar-refractivity contribution in [2.45, 2.75) is 48.2 Å². The first-order valence-corrected chi connectivity index (χ1v) is 16.2. The number of fused-ring (bicyclic) bond motifs is 2. The van der Waals surface area contributed by atoms with Gasteiger partial charge in [-0.1, -0.05) is 36.4 Å². The molecule has 0 spiro atoms. The molecule has 234 valence electrons. The monoisotopic (exact) mass is 654 g/mol. The molecule has 1 aromatic heterocycles. The summed E-state index contributed by atoms with van der Waals surface area (Å²) in [7, 11) is -3.51. The number of carboxylic acids is 1. The van der Waals surface area contributed by atoms with Crippen LogP contribution < -0.4 is 10.6 Å². The molecule has 3 heterocycles. The predicted molar refractivity (Wildman–Crippen MR) is 165 cm³/mol. The van der Waals surface area contributed by atoms with Crippen molar-refractivity contribution in [3.63, 3.8) is 0 Å². The van der Waals surface area contributed by atoms with E-state index in [2.05, 4.69) is 15.6 Å². The van der Waals surface area contributed by atoms with Crippen LogP contribution in [0.25, 0.3) is 10.6 Å². The third-order valence-electron chi connectivity index (χ3n) is 7.87. The van der Waals surface area contributed by atoms with Gasteiger partial charge in [-0.25, -0.2) is 13.8 Å². The highest BCUT2D eigenvalue weighted by molar-refractivity contribution is 8.24. The first kappa shape index (κ1) is 30.8. The van der Waals surface area contributed by atoms with Gasteiger partial charge < -0.3 is 15.7 Å². The van der Waals surface area contributed by atoms with Gasteiger partial charge >= 0.3 is 5.97 Å². The maximum Gasteiger partial charge on any atom is 0.321 e. The fourth-order valence-corrected chi connectivity index (χ4v) is 8.17. The second-order valence-electron chi connectivity index (χ2n) is 10.9. The summed E-state index contributed by atoms with van der Waals surface area (Å²) in [5, 5.41) is 15.6. The van der Waals surface area contributed by atoms with Crippen LogP contribution in [0.5, 0.6) is 0 Å². The molecule has 2 amide bonds. The molecule has 14 heteroatoms. The Morgan fingerprint density at radius 2 is 1.84 bits per heavy atom. The number of aliphatic carboxylic acids is 1. The van der Waals surface area contributed by atoms with Crippen LogP contribution in [0, 0.1) is 6.92 Å². The number of hydrogen-bond donors (Lipinski definition) is 5. The van der Waals surface area contributed by atoms with Crippen LogP contribution in [0.2, 0.25) is 0 Å². The van der Waals surface area contributed by atoms with Crippen molar-refractivity contribution in [1.82, 2.24) is 15.2 Å². The number of aromatic nitrogens is 1. The summed E-state index contributed by atoms with van der Waals surface area (Å²) >= 11 is 1.36. The molecule has 0 aliphatic carbocycles. The number of amides is 2. The van der Waals surface area contributed by atoms with Gasteiger partial charge in [0.25, 0.3) is 17.7 Å². The van der Waals surface area contributed by atoms with Gasteiger partial charge in [0, 0.05) is 35.2 Å². The average molecular weight is 655 g/mol. The molecule has 0 radical (unpaired) electrons. The minimum Gasteiger partial charge on any atom is -0.480 e. The zero-order chi connectivity index (χ0) is 32.1. The van der Waals surface area contributed by atoms with Gasteiger partial charge in [-0.2, -0.15) is 0 Å². The molecule has 5 N–H and O–H groups in total. The maximum absolute atomic E-state index is 13.8. The van der Waals surface area contributed by atoms with E-state index in [0.29, 0.717) is 16.1 Å². The summed E-state index contributed by atoms with van der Waals surface area (Å²) in [5.74, 6) is -5.23. The maximum atomic E-state index is 13.8. The number of thiazole rings is 1. The summed E-state index contributed by atoms with van der Waals surface area (Å²) in [4.78, 5) is 44.2. The molecule has 6 rings (SSSR count). The van der Waals surface area contributed by atoms with Crippen LogP contribution in [0.15, 0.2) is 76.7 Å². The summed E-state index contributed by atoms with van der Waals surface area (Å²) in [5.41, 5.74) is 2.46. The Morgan fingerprint density at radius 1 is 1.11 bits per heavy atom. The van der Waals surface area contributed by atoms with E-state index in [-0.39, 0.29) is 39.7 Å². The lowest BCUT2D eigenvalue weighted by molar-refractivity contribution is -0.142. The molecule has 4 aromatic rings. The molecule has 0 unspecified atom stereocenters. The Bertz CT molecular complexity index is 1830. The SMILES string of the molecule is Cc1c(C(=O)NCc2cnc(-c3ccc(CN4CC(F)(F)C[C@H]4C(=O)O)cc3)s2)ccc2c1NC(=O)c1ccccc1S2(O)O. The van der Waals surface area contributed by atoms with Gasteiger partial charge in [-0.3, -0.25) is 28.4 Å². The van der Waals surface area contributed by atoms with Crippen LogP contribution >= 0.6 is 21.9 Å². The van der Waals surface area contributed by atoms with Crippen LogP contribution in [-0.4, -0.2) is 60.4 Å². The quantitative estimate of drug-likeness (QED) is 0.161. The molecule has 0 saturated carbocycles. The molecule has 2 aliphatic heterocycles. The normalized spacial score (nSPS) is 19.1. The predicted octanol–water partition coefficient (Wildman–Crippen LogP) is 6.08. The number of nitrogens with one attached hydrogen (secondary N) is 2. The molecule has 1 saturated heterocycles.